The highest BCUT2D eigenvalue weighted by molar-refractivity contribution is 7.99. The monoisotopic (exact) mass is 278 g/mol. The van der Waals surface area contributed by atoms with Crippen LogP contribution in [0.2, 0.25) is 0 Å². The number of hydrogen-bond acceptors (Lipinski definition) is 6. The van der Waals surface area contributed by atoms with Gasteiger partial charge in [0.2, 0.25) is 0 Å². The van der Waals surface area contributed by atoms with Crippen LogP contribution in [0.1, 0.15) is 11.3 Å². The first-order valence-corrected chi connectivity index (χ1v) is 7.42. The normalized spacial score (nSPS) is 10.6. The summed E-state index contributed by atoms with van der Waals surface area (Å²) in [6, 6.07) is 5.85. The van der Waals surface area contributed by atoms with Crippen LogP contribution >= 0.6 is 23.5 Å². The van der Waals surface area contributed by atoms with Gasteiger partial charge in [-0.1, -0.05) is 11.8 Å². The summed E-state index contributed by atoms with van der Waals surface area (Å²) in [5.74, 6) is 0.487. The van der Waals surface area contributed by atoms with Crippen molar-refractivity contribution in [3.63, 3.8) is 0 Å². The molecule has 18 heavy (non-hydrogen) atoms. The molecule has 94 valence electrons. The zero-order valence-electron chi connectivity index (χ0n) is 10.5. The minimum Gasteiger partial charge on any atom is -0.384 e. The van der Waals surface area contributed by atoms with Crippen LogP contribution in [0.4, 0.5) is 5.82 Å². The number of thioether (sulfide) groups is 1. The lowest BCUT2D eigenvalue weighted by Gasteiger charge is -2.05. The second kappa shape index (κ2) is 5.58. The summed E-state index contributed by atoms with van der Waals surface area (Å²) >= 11 is 2.98. The number of nitrogens with two attached hydrogens (primary N) is 1. The molecule has 2 heterocycles. The fourth-order valence-electron chi connectivity index (χ4n) is 1.53. The molecule has 2 N–H and O–H groups in total. The maximum Gasteiger partial charge on any atom is 0.190 e. The number of pyridine rings is 1. The smallest absolute Gasteiger partial charge is 0.190 e. The Morgan fingerprint density at radius 2 is 1.72 bits per heavy atom. The number of nitrogens with zero attached hydrogens (tertiary/aromatic N) is 3. The highest BCUT2D eigenvalue weighted by atomic mass is 32.2. The Morgan fingerprint density at radius 3 is 2.39 bits per heavy atom. The lowest BCUT2D eigenvalue weighted by atomic mass is 10.3. The minimum atomic E-state index is 0.487. The van der Waals surface area contributed by atoms with Crippen LogP contribution < -0.4 is 5.73 Å². The topological polar surface area (TPSA) is 64.7 Å². The van der Waals surface area contributed by atoms with Gasteiger partial charge in [-0.05, 0) is 49.6 Å². The van der Waals surface area contributed by atoms with Gasteiger partial charge in [-0.3, -0.25) is 0 Å². The van der Waals surface area contributed by atoms with Gasteiger partial charge in [0.1, 0.15) is 15.9 Å². The molecule has 0 bridgehead atoms. The van der Waals surface area contributed by atoms with E-state index in [2.05, 4.69) is 21.9 Å². The molecule has 0 radical (unpaired) electrons. The number of aromatic nitrogens is 3. The molecule has 0 aliphatic rings. The third-order valence-corrected chi connectivity index (χ3v) is 3.55. The van der Waals surface area contributed by atoms with Gasteiger partial charge in [0, 0.05) is 11.8 Å². The average molecular weight is 278 g/mol. The molecule has 0 saturated heterocycles. The number of hydrogen-bond donors (Lipinski definition) is 1. The highest BCUT2D eigenvalue weighted by Gasteiger charge is 2.06. The molecular formula is C12H14N4S2. The van der Waals surface area contributed by atoms with E-state index in [4.69, 9.17) is 5.73 Å². The third kappa shape index (κ3) is 3.36. The Labute approximate surface area is 115 Å². The largest absolute Gasteiger partial charge is 0.384 e. The van der Waals surface area contributed by atoms with Gasteiger partial charge in [0.25, 0.3) is 0 Å². The number of nitrogen functional groups attached to an aromatic ring is 1. The van der Waals surface area contributed by atoms with Gasteiger partial charge in [-0.15, -0.1) is 0 Å². The van der Waals surface area contributed by atoms with Gasteiger partial charge in [-0.25, -0.2) is 15.0 Å². The van der Waals surface area contributed by atoms with Crippen molar-refractivity contribution in [3.8, 4) is 0 Å². The van der Waals surface area contributed by atoms with Crippen molar-refractivity contribution in [2.45, 2.75) is 29.1 Å². The van der Waals surface area contributed by atoms with Crippen molar-refractivity contribution in [1.29, 1.82) is 0 Å². The van der Waals surface area contributed by atoms with Gasteiger partial charge >= 0.3 is 0 Å². The number of anilines is 1. The summed E-state index contributed by atoms with van der Waals surface area (Å²) < 4.78 is 0. The number of aryl methyl sites for hydroxylation is 2. The van der Waals surface area contributed by atoms with E-state index in [0.717, 1.165) is 15.7 Å². The Hall–Kier alpha value is -1.27. The first-order chi connectivity index (χ1) is 8.56. The zero-order valence-corrected chi connectivity index (χ0v) is 12.1. The van der Waals surface area contributed by atoms with Gasteiger partial charge in [0.15, 0.2) is 5.16 Å². The molecule has 0 aliphatic heterocycles. The van der Waals surface area contributed by atoms with Gasteiger partial charge in [0.05, 0.1) is 0 Å². The van der Waals surface area contributed by atoms with E-state index in [0.29, 0.717) is 11.0 Å². The molecule has 0 amide bonds. The minimum absolute atomic E-state index is 0.487. The standard InChI is InChI=1S/C12H14N4S2/c1-7-4-8(2)14-10(5-7)18-11-6-9(13)15-12(16-11)17-3/h4-6H,1-3H3,(H2,13,15,16). The van der Waals surface area contributed by atoms with Crippen molar-refractivity contribution in [2.75, 3.05) is 12.0 Å². The predicted molar refractivity (Wildman–Crippen MR) is 76.1 cm³/mol. The van der Waals surface area contributed by atoms with Crippen LogP contribution in [-0.4, -0.2) is 21.2 Å². The van der Waals surface area contributed by atoms with E-state index in [9.17, 15) is 0 Å². The van der Waals surface area contributed by atoms with Crippen molar-refractivity contribution in [1.82, 2.24) is 15.0 Å². The van der Waals surface area contributed by atoms with Crippen LogP contribution in [0, 0.1) is 13.8 Å². The quantitative estimate of drug-likeness (QED) is 0.529. The van der Waals surface area contributed by atoms with Crippen molar-refractivity contribution < 1.29 is 0 Å². The van der Waals surface area contributed by atoms with E-state index >= 15 is 0 Å². The van der Waals surface area contributed by atoms with Crippen molar-refractivity contribution in [3.05, 3.63) is 29.5 Å². The molecule has 2 aromatic rings. The van der Waals surface area contributed by atoms with Gasteiger partial charge < -0.3 is 5.73 Å². The molecule has 0 spiro atoms. The Kier molecular flexibility index (Phi) is 4.08. The van der Waals surface area contributed by atoms with Crippen molar-refractivity contribution in [2.24, 2.45) is 0 Å². The Balaban J connectivity index is 2.30. The third-order valence-electron chi connectivity index (χ3n) is 2.17. The van der Waals surface area contributed by atoms with Crippen LogP contribution in [0.25, 0.3) is 0 Å². The molecule has 0 fully saturated rings. The average Bonchev–Trinajstić information content (AvgIpc) is 2.26. The van der Waals surface area contributed by atoms with Gasteiger partial charge in [-0.2, -0.15) is 0 Å². The Bertz CT molecular complexity index is 552. The molecule has 4 nitrogen and oxygen atoms in total. The molecule has 0 aliphatic carbocycles. The van der Waals surface area contributed by atoms with Crippen LogP contribution in [0.5, 0.6) is 0 Å². The lowest BCUT2D eigenvalue weighted by molar-refractivity contribution is 0.899. The van der Waals surface area contributed by atoms with E-state index in [-0.39, 0.29) is 0 Å². The summed E-state index contributed by atoms with van der Waals surface area (Å²) in [4.78, 5) is 13.0. The molecule has 2 aromatic heterocycles. The number of rotatable bonds is 3. The fraction of sp³-hybridized carbons (Fsp3) is 0.250. The first kappa shape index (κ1) is 13.2. The van der Waals surface area contributed by atoms with E-state index in [1.54, 1.807) is 6.07 Å². The first-order valence-electron chi connectivity index (χ1n) is 5.38. The molecular weight excluding hydrogens is 264 g/mol. The fourth-order valence-corrected chi connectivity index (χ4v) is 2.93. The van der Waals surface area contributed by atoms with E-state index in [1.165, 1.54) is 29.1 Å². The molecule has 2 rings (SSSR count). The van der Waals surface area contributed by atoms with E-state index in [1.807, 2.05) is 25.3 Å². The van der Waals surface area contributed by atoms with Crippen LogP contribution in [0.15, 0.2) is 33.4 Å². The van der Waals surface area contributed by atoms with E-state index < -0.39 is 0 Å². The maximum absolute atomic E-state index is 5.75. The van der Waals surface area contributed by atoms with Crippen LogP contribution in [-0.2, 0) is 0 Å². The molecule has 0 saturated carbocycles. The second-order valence-corrected chi connectivity index (χ2v) is 5.66. The maximum atomic E-state index is 5.75. The second-order valence-electron chi connectivity index (χ2n) is 3.84. The summed E-state index contributed by atoms with van der Waals surface area (Å²) in [6.45, 7) is 4.04. The molecule has 0 unspecified atom stereocenters. The summed E-state index contributed by atoms with van der Waals surface area (Å²) in [6.07, 6.45) is 1.93. The summed E-state index contributed by atoms with van der Waals surface area (Å²) in [5, 5.41) is 2.43. The Morgan fingerprint density at radius 1 is 1.00 bits per heavy atom. The lowest BCUT2D eigenvalue weighted by Crippen LogP contribution is -1.96. The van der Waals surface area contributed by atoms with Crippen molar-refractivity contribution >= 4 is 29.3 Å². The SMILES string of the molecule is CSc1nc(N)cc(Sc2cc(C)cc(C)n2)n1. The molecule has 0 aromatic carbocycles. The highest BCUT2D eigenvalue weighted by Crippen LogP contribution is 2.27. The summed E-state index contributed by atoms with van der Waals surface area (Å²) in [5.41, 5.74) is 7.95. The predicted octanol–water partition coefficient (Wildman–Crippen LogP) is 2.94. The molecule has 6 heteroatoms. The zero-order chi connectivity index (χ0) is 13.1. The summed E-state index contributed by atoms with van der Waals surface area (Å²) in [7, 11) is 0. The van der Waals surface area contributed by atoms with Crippen LogP contribution in [0.3, 0.4) is 0 Å². The molecule has 0 atom stereocenters.